The molecule has 2 atom stereocenters. The number of aliphatic hydroxyl groups is 1. The molecular weight excluding hydrogens is 270 g/mol. The molecule has 0 spiro atoms. The monoisotopic (exact) mass is 285 g/mol. The van der Waals surface area contributed by atoms with Gasteiger partial charge in [0.15, 0.2) is 0 Å². The maximum atomic E-state index is 9.76. The highest BCUT2D eigenvalue weighted by atomic mass is 79.9. The first-order chi connectivity index (χ1) is 7.70. The van der Waals surface area contributed by atoms with Crippen LogP contribution < -0.4 is 10.1 Å². The minimum Gasteiger partial charge on any atom is -0.497 e. The quantitative estimate of drug-likeness (QED) is 0.897. The van der Waals surface area contributed by atoms with Crippen molar-refractivity contribution in [1.29, 1.82) is 0 Å². The summed E-state index contributed by atoms with van der Waals surface area (Å²) in [6.45, 7) is 0. The Morgan fingerprint density at radius 1 is 1.44 bits per heavy atom. The van der Waals surface area contributed by atoms with Gasteiger partial charge < -0.3 is 15.2 Å². The number of benzene rings is 1. The molecule has 1 fully saturated rings. The average Bonchev–Trinajstić information content (AvgIpc) is 2.68. The molecule has 0 bridgehead atoms. The van der Waals surface area contributed by atoms with Crippen molar-refractivity contribution in [3.8, 4) is 5.75 Å². The number of anilines is 1. The molecule has 1 saturated carbocycles. The number of nitrogens with one attached hydrogen (secondary N) is 1. The number of hydrogen-bond donors (Lipinski definition) is 2. The molecular formula is C12H16BrNO2. The normalized spacial score (nSPS) is 24.4. The van der Waals surface area contributed by atoms with Gasteiger partial charge in [-0.05, 0) is 47.3 Å². The number of hydrogen-bond acceptors (Lipinski definition) is 3. The summed E-state index contributed by atoms with van der Waals surface area (Å²) < 4.78 is 6.17. The highest BCUT2D eigenvalue weighted by Crippen LogP contribution is 2.30. The fourth-order valence-corrected chi connectivity index (χ4v) is 2.41. The van der Waals surface area contributed by atoms with E-state index in [-0.39, 0.29) is 12.1 Å². The predicted molar refractivity (Wildman–Crippen MR) is 68.0 cm³/mol. The van der Waals surface area contributed by atoms with Crippen LogP contribution in [0.15, 0.2) is 22.7 Å². The first kappa shape index (κ1) is 11.7. The highest BCUT2D eigenvalue weighted by molar-refractivity contribution is 9.10. The fraction of sp³-hybridized carbons (Fsp3) is 0.500. The van der Waals surface area contributed by atoms with Crippen molar-refractivity contribution >= 4 is 21.6 Å². The summed E-state index contributed by atoms with van der Waals surface area (Å²) >= 11 is 3.49. The van der Waals surface area contributed by atoms with Crippen LogP contribution in [0.4, 0.5) is 5.69 Å². The molecule has 0 heterocycles. The van der Waals surface area contributed by atoms with Gasteiger partial charge in [-0.3, -0.25) is 0 Å². The second-order valence-electron chi connectivity index (χ2n) is 4.09. The molecule has 0 amide bonds. The topological polar surface area (TPSA) is 41.5 Å². The van der Waals surface area contributed by atoms with Gasteiger partial charge in [0.05, 0.1) is 24.9 Å². The fourth-order valence-electron chi connectivity index (χ4n) is 2.05. The smallest absolute Gasteiger partial charge is 0.121 e. The van der Waals surface area contributed by atoms with E-state index in [0.29, 0.717) is 0 Å². The molecule has 1 aromatic rings. The maximum Gasteiger partial charge on any atom is 0.121 e. The van der Waals surface area contributed by atoms with E-state index in [1.807, 2.05) is 18.2 Å². The minimum atomic E-state index is -0.238. The summed E-state index contributed by atoms with van der Waals surface area (Å²) in [5, 5.41) is 13.1. The van der Waals surface area contributed by atoms with Crippen LogP contribution in [0.25, 0.3) is 0 Å². The lowest BCUT2D eigenvalue weighted by molar-refractivity contribution is 0.172. The van der Waals surface area contributed by atoms with E-state index in [4.69, 9.17) is 4.74 Å². The Balaban J connectivity index is 2.13. The molecule has 1 aliphatic carbocycles. The van der Waals surface area contributed by atoms with Crippen molar-refractivity contribution in [3.63, 3.8) is 0 Å². The van der Waals surface area contributed by atoms with Crippen LogP contribution in [0.2, 0.25) is 0 Å². The number of methoxy groups -OCH3 is 1. The summed E-state index contributed by atoms with van der Waals surface area (Å²) in [7, 11) is 1.65. The van der Waals surface area contributed by atoms with Gasteiger partial charge in [0, 0.05) is 10.5 Å². The first-order valence-electron chi connectivity index (χ1n) is 5.49. The third kappa shape index (κ3) is 2.50. The molecule has 0 unspecified atom stereocenters. The molecule has 0 radical (unpaired) electrons. The summed E-state index contributed by atoms with van der Waals surface area (Å²) in [4.78, 5) is 0. The van der Waals surface area contributed by atoms with Crippen molar-refractivity contribution < 1.29 is 9.84 Å². The van der Waals surface area contributed by atoms with Gasteiger partial charge in [-0.15, -0.1) is 0 Å². The number of rotatable bonds is 3. The largest absolute Gasteiger partial charge is 0.497 e. The zero-order valence-electron chi connectivity index (χ0n) is 9.24. The Bertz CT molecular complexity index is 370. The van der Waals surface area contributed by atoms with Gasteiger partial charge in [0.1, 0.15) is 5.75 Å². The average molecular weight is 286 g/mol. The second-order valence-corrected chi connectivity index (χ2v) is 4.95. The van der Waals surface area contributed by atoms with Crippen molar-refractivity contribution in [3.05, 3.63) is 22.7 Å². The molecule has 3 nitrogen and oxygen atoms in total. The molecule has 88 valence electrons. The van der Waals surface area contributed by atoms with Crippen molar-refractivity contribution in [1.82, 2.24) is 0 Å². The van der Waals surface area contributed by atoms with Gasteiger partial charge in [-0.25, -0.2) is 0 Å². The van der Waals surface area contributed by atoms with E-state index in [1.54, 1.807) is 7.11 Å². The maximum absolute atomic E-state index is 9.76. The standard InChI is InChI=1S/C12H16BrNO2/c1-16-8-5-6-9(13)11(7-8)14-10-3-2-4-12(10)15/h5-7,10,12,14-15H,2-4H2,1H3/t10-,12-/m1/s1. The van der Waals surface area contributed by atoms with E-state index in [9.17, 15) is 5.11 Å². The van der Waals surface area contributed by atoms with Gasteiger partial charge in [0.25, 0.3) is 0 Å². The van der Waals surface area contributed by atoms with Gasteiger partial charge in [-0.2, -0.15) is 0 Å². The SMILES string of the molecule is COc1ccc(Br)c(N[C@@H]2CCC[C@H]2O)c1. The number of halogens is 1. The van der Waals surface area contributed by atoms with E-state index >= 15 is 0 Å². The zero-order valence-corrected chi connectivity index (χ0v) is 10.8. The molecule has 4 heteroatoms. The summed E-state index contributed by atoms with van der Waals surface area (Å²) in [5.74, 6) is 0.818. The van der Waals surface area contributed by atoms with E-state index < -0.39 is 0 Å². The zero-order chi connectivity index (χ0) is 11.5. The van der Waals surface area contributed by atoms with Crippen LogP contribution in [0.3, 0.4) is 0 Å². The Hall–Kier alpha value is -0.740. The highest BCUT2D eigenvalue weighted by Gasteiger charge is 2.25. The van der Waals surface area contributed by atoms with Crippen LogP contribution in [0.5, 0.6) is 5.75 Å². The summed E-state index contributed by atoms with van der Waals surface area (Å²) in [5.41, 5.74) is 0.977. The Morgan fingerprint density at radius 3 is 2.88 bits per heavy atom. The molecule has 16 heavy (non-hydrogen) atoms. The van der Waals surface area contributed by atoms with Crippen LogP contribution in [-0.4, -0.2) is 24.4 Å². The second kappa shape index (κ2) is 5.06. The van der Waals surface area contributed by atoms with Crippen LogP contribution in [0.1, 0.15) is 19.3 Å². The van der Waals surface area contributed by atoms with Crippen molar-refractivity contribution in [2.24, 2.45) is 0 Å². The minimum absolute atomic E-state index is 0.156. The van der Waals surface area contributed by atoms with Gasteiger partial charge in [0.2, 0.25) is 0 Å². The predicted octanol–water partition coefficient (Wildman–Crippen LogP) is 2.78. The molecule has 1 aromatic carbocycles. The van der Waals surface area contributed by atoms with Crippen LogP contribution in [-0.2, 0) is 0 Å². The Labute approximate surface area is 104 Å². The lowest BCUT2D eigenvalue weighted by atomic mass is 10.2. The van der Waals surface area contributed by atoms with Crippen molar-refractivity contribution in [2.75, 3.05) is 12.4 Å². The third-order valence-electron chi connectivity index (χ3n) is 2.99. The van der Waals surface area contributed by atoms with Crippen LogP contribution in [0, 0.1) is 0 Å². The molecule has 0 aliphatic heterocycles. The molecule has 2 N–H and O–H groups in total. The molecule has 1 aliphatic rings. The lowest BCUT2D eigenvalue weighted by Gasteiger charge is -2.19. The summed E-state index contributed by atoms with van der Waals surface area (Å²) in [6.07, 6.45) is 2.75. The number of ether oxygens (including phenoxy) is 1. The van der Waals surface area contributed by atoms with Crippen LogP contribution >= 0.6 is 15.9 Å². The third-order valence-corrected chi connectivity index (χ3v) is 3.69. The van der Waals surface area contributed by atoms with E-state index in [2.05, 4.69) is 21.2 Å². The molecule has 0 saturated heterocycles. The summed E-state index contributed by atoms with van der Waals surface area (Å²) in [6, 6.07) is 5.95. The first-order valence-corrected chi connectivity index (χ1v) is 6.28. The lowest BCUT2D eigenvalue weighted by Crippen LogP contribution is -2.28. The van der Waals surface area contributed by atoms with Gasteiger partial charge >= 0.3 is 0 Å². The Kier molecular flexibility index (Phi) is 3.71. The van der Waals surface area contributed by atoms with Gasteiger partial charge in [-0.1, -0.05) is 0 Å². The van der Waals surface area contributed by atoms with E-state index in [0.717, 1.165) is 35.2 Å². The molecule has 2 rings (SSSR count). The Morgan fingerprint density at radius 2 is 2.25 bits per heavy atom. The molecule has 0 aromatic heterocycles. The van der Waals surface area contributed by atoms with E-state index in [1.165, 1.54) is 0 Å². The number of aliphatic hydroxyl groups excluding tert-OH is 1. The van der Waals surface area contributed by atoms with Crippen molar-refractivity contribution in [2.45, 2.75) is 31.4 Å².